The quantitative estimate of drug-likeness (QED) is 0.623. The molecule has 0 spiro atoms. The predicted molar refractivity (Wildman–Crippen MR) is 63.9 cm³/mol. The van der Waals surface area contributed by atoms with Crippen LogP contribution in [-0.4, -0.2) is 12.6 Å². The first-order valence-electron chi connectivity index (χ1n) is 5.49. The molecule has 0 unspecified atom stereocenters. The van der Waals surface area contributed by atoms with Crippen LogP contribution in [0.5, 0.6) is 5.75 Å². The number of benzene rings is 2. The highest BCUT2D eigenvalue weighted by Crippen LogP contribution is 2.28. The molecule has 2 aromatic rings. The van der Waals surface area contributed by atoms with Gasteiger partial charge in [-0.25, -0.2) is 4.39 Å². The van der Waals surface area contributed by atoms with Crippen molar-refractivity contribution in [2.75, 3.05) is 0 Å². The molecule has 0 aromatic heterocycles. The van der Waals surface area contributed by atoms with Crippen LogP contribution in [0.1, 0.15) is 10.4 Å². The average Bonchev–Trinajstić information content (AvgIpc) is 2.36. The molecule has 2 aromatic carbocycles. The van der Waals surface area contributed by atoms with Gasteiger partial charge in [0.1, 0.15) is 17.9 Å². The molecule has 0 atom stereocenters. The first kappa shape index (κ1) is 14.0. The number of alkyl halides is 3. The number of rotatable bonds is 3. The number of hydrogen-bond acceptors (Lipinski definition) is 2. The molecule has 0 N–H and O–H groups in total. The van der Waals surface area contributed by atoms with E-state index in [2.05, 4.69) is 4.74 Å². The van der Waals surface area contributed by atoms with Gasteiger partial charge in [0, 0.05) is 5.56 Å². The van der Waals surface area contributed by atoms with E-state index in [1.54, 1.807) is 0 Å². The maximum absolute atomic E-state index is 13.3. The molecule has 0 heterocycles. The van der Waals surface area contributed by atoms with Crippen molar-refractivity contribution < 1.29 is 27.1 Å². The molecule has 2 rings (SSSR count). The van der Waals surface area contributed by atoms with Crippen LogP contribution in [0.2, 0.25) is 0 Å². The maximum Gasteiger partial charge on any atom is 0.573 e. The summed E-state index contributed by atoms with van der Waals surface area (Å²) in [6, 6.07) is 8.64. The van der Waals surface area contributed by atoms with Crippen molar-refractivity contribution in [1.82, 2.24) is 0 Å². The van der Waals surface area contributed by atoms with Gasteiger partial charge in [0.2, 0.25) is 0 Å². The van der Waals surface area contributed by atoms with Crippen LogP contribution in [-0.2, 0) is 0 Å². The Morgan fingerprint density at radius 1 is 1.00 bits per heavy atom. The third-order valence-corrected chi connectivity index (χ3v) is 2.46. The molecule has 0 aliphatic heterocycles. The molecule has 0 radical (unpaired) electrons. The van der Waals surface area contributed by atoms with Gasteiger partial charge in [0.05, 0.1) is 0 Å². The minimum absolute atomic E-state index is 0.0992. The number of ether oxygens (including phenoxy) is 1. The summed E-state index contributed by atoms with van der Waals surface area (Å²) in [5.41, 5.74) is 0.705. The molecule has 2 nitrogen and oxygen atoms in total. The third kappa shape index (κ3) is 3.57. The standard InChI is InChI=1S/C14H8F4O2/c15-12-5-9(8-19)4-11(6-12)10-2-1-3-13(7-10)20-14(16,17)18/h1-8H. The van der Waals surface area contributed by atoms with Gasteiger partial charge in [-0.3, -0.25) is 4.79 Å². The van der Waals surface area contributed by atoms with E-state index in [1.807, 2.05) is 0 Å². The second-order valence-corrected chi connectivity index (χ2v) is 3.97. The van der Waals surface area contributed by atoms with Gasteiger partial charge in [-0.2, -0.15) is 0 Å². The number of aldehydes is 1. The first-order chi connectivity index (χ1) is 9.37. The second kappa shape index (κ2) is 5.32. The van der Waals surface area contributed by atoms with Crippen LogP contribution in [0, 0.1) is 5.82 Å². The Morgan fingerprint density at radius 2 is 1.75 bits per heavy atom. The molecular weight excluding hydrogens is 276 g/mol. The van der Waals surface area contributed by atoms with Gasteiger partial charge < -0.3 is 4.74 Å². The maximum atomic E-state index is 13.3. The van der Waals surface area contributed by atoms with Gasteiger partial charge >= 0.3 is 6.36 Å². The monoisotopic (exact) mass is 284 g/mol. The summed E-state index contributed by atoms with van der Waals surface area (Å²) in [6.45, 7) is 0. The van der Waals surface area contributed by atoms with Crippen molar-refractivity contribution in [3.05, 3.63) is 53.8 Å². The summed E-state index contributed by atoms with van der Waals surface area (Å²) in [7, 11) is 0. The number of halogens is 4. The van der Waals surface area contributed by atoms with E-state index in [1.165, 1.54) is 18.2 Å². The smallest absolute Gasteiger partial charge is 0.406 e. The Bertz CT molecular complexity index is 635. The number of carbonyl (C=O) groups excluding carboxylic acids is 1. The van der Waals surface area contributed by atoms with Crippen LogP contribution in [0.3, 0.4) is 0 Å². The second-order valence-electron chi connectivity index (χ2n) is 3.97. The number of hydrogen-bond donors (Lipinski definition) is 0. The largest absolute Gasteiger partial charge is 0.573 e. The predicted octanol–water partition coefficient (Wildman–Crippen LogP) is 4.20. The molecular formula is C14H8F4O2. The van der Waals surface area contributed by atoms with Crippen molar-refractivity contribution in [1.29, 1.82) is 0 Å². The molecule has 104 valence electrons. The summed E-state index contributed by atoms with van der Waals surface area (Å²) < 4.78 is 53.5. The lowest BCUT2D eigenvalue weighted by Gasteiger charge is -2.10. The fraction of sp³-hybridized carbons (Fsp3) is 0.0714. The van der Waals surface area contributed by atoms with Crippen LogP contribution >= 0.6 is 0 Å². The summed E-state index contributed by atoms with van der Waals surface area (Å²) in [4.78, 5) is 10.7. The summed E-state index contributed by atoms with van der Waals surface area (Å²) in [5.74, 6) is -1.06. The zero-order valence-electron chi connectivity index (χ0n) is 9.95. The van der Waals surface area contributed by atoms with E-state index in [0.717, 1.165) is 24.3 Å². The summed E-state index contributed by atoms with van der Waals surface area (Å²) in [5, 5.41) is 0. The fourth-order valence-corrected chi connectivity index (χ4v) is 1.72. The van der Waals surface area contributed by atoms with Crippen molar-refractivity contribution in [2.24, 2.45) is 0 Å². The van der Waals surface area contributed by atoms with Crippen molar-refractivity contribution in [3.8, 4) is 16.9 Å². The zero-order valence-corrected chi connectivity index (χ0v) is 9.95. The van der Waals surface area contributed by atoms with E-state index in [-0.39, 0.29) is 5.56 Å². The number of carbonyl (C=O) groups is 1. The molecule has 0 aliphatic rings. The fourth-order valence-electron chi connectivity index (χ4n) is 1.72. The van der Waals surface area contributed by atoms with Crippen molar-refractivity contribution >= 4 is 6.29 Å². The van der Waals surface area contributed by atoms with Crippen LogP contribution in [0.25, 0.3) is 11.1 Å². The molecule has 0 saturated carbocycles. The van der Waals surface area contributed by atoms with E-state index < -0.39 is 17.9 Å². The molecule has 0 amide bonds. The van der Waals surface area contributed by atoms with E-state index in [0.29, 0.717) is 17.4 Å². The minimum Gasteiger partial charge on any atom is -0.406 e. The molecule has 20 heavy (non-hydrogen) atoms. The minimum atomic E-state index is -4.80. The highest BCUT2D eigenvalue weighted by molar-refractivity contribution is 5.79. The van der Waals surface area contributed by atoms with E-state index in [9.17, 15) is 22.4 Å². The van der Waals surface area contributed by atoms with Crippen LogP contribution < -0.4 is 4.74 Å². The molecule has 0 saturated heterocycles. The van der Waals surface area contributed by atoms with E-state index in [4.69, 9.17) is 0 Å². The SMILES string of the molecule is O=Cc1cc(F)cc(-c2cccc(OC(F)(F)F)c2)c1. The highest BCUT2D eigenvalue weighted by atomic mass is 19.4. The summed E-state index contributed by atoms with van der Waals surface area (Å²) >= 11 is 0. The summed E-state index contributed by atoms with van der Waals surface area (Å²) in [6.07, 6.45) is -4.34. The molecule has 0 fully saturated rings. The lowest BCUT2D eigenvalue weighted by atomic mass is 10.0. The van der Waals surface area contributed by atoms with Gasteiger partial charge in [0.25, 0.3) is 0 Å². The highest BCUT2D eigenvalue weighted by Gasteiger charge is 2.31. The topological polar surface area (TPSA) is 26.3 Å². The third-order valence-electron chi connectivity index (χ3n) is 2.46. The van der Waals surface area contributed by atoms with Gasteiger partial charge in [-0.15, -0.1) is 13.2 Å². The molecule has 6 heteroatoms. The Balaban J connectivity index is 2.40. The molecule has 0 bridgehead atoms. The van der Waals surface area contributed by atoms with Crippen LogP contribution in [0.15, 0.2) is 42.5 Å². The Morgan fingerprint density at radius 3 is 2.40 bits per heavy atom. The lowest BCUT2D eigenvalue weighted by molar-refractivity contribution is -0.274. The lowest BCUT2D eigenvalue weighted by Crippen LogP contribution is -2.17. The van der Waals surface area contributed by atoms with E-state index >= 15 is 0 Å². The zero-order chi connectivity index (χ0) is 14.8. The Labute approximate surface area is 111 Å². The first-order valence-corrected chi connectivity index (χ1v) is 5.49. The Kier molecular flexibility index (Phi) is 3.74. The van der Waals surface area contributed by atoms with Gasteiger partial charge in [0.15, 0.2) is 0 Å². The normalized spacial score (nSPS) is 11.2. The van der Waals surface area contributed by atoms with Gasteiger partial charge in [-0.05, 0) is 41.5 Å². The average molecular weight is 284 g/mol. The van der Waals surface area contributed by atoms with Crippen molar-refractivity contribution in [3.63, 3.8) is 0 Å². The van der Waals surface area contributed by atoms with Crippen LogP contribution in [0.4, 0.5) is 17.6 Å². The van der Waals surface area contributed by atoms with Crippen molar-refractivity contribution in [2.45, 2.75) is 6.36 Å². The van der Waals surface area contributed by atoms with Gasteiger partial charge in [-0.1, -0.05) is 12.1 Å². The Hall–Kier alpha value is -2.37. The molecule has 0 aliphatic carbocycles.